The number of hydrogen-bond acceptors (Lipinski definition) is 3. The van der Waals surface area contributed by atoms with Gasteiger partial charge in [-0.1, -0.05) is 30.3 Å². The molecule has 1 saturated heterocycles. The van der Waals surface area contributed by atoms with Crippen LogP contribution in [0, 0.1) is 0 Å². The second-order valence-electron chi connectivity index (χ2n) is 6.81. The van der Waals surface area contributed by atoms with Crippen LogP contribution in [0.25, 0.3) is 0 Å². The molecule has 1 fully saturated rings. The van der Waals surface area contributed by atoms with Gasteiger partial charge in [-0.05, 0) is 49.6 Å². The van der Waals surface area contributed by atoms with Crippen LogP contribution in [0.3, 0.4) is 0 Å². The zero-order chi connectivity index (χ0) is 20.1. The Morgan fingerprint density at radius 2 is 1.79 bits per heavy atom. The van der Waals surface area contributed by atoms with Crippen molar-refractivity contribution in [3.05, 3.63) is 65.7 Å². The van der Waals surface area contributed by atoms with E-state index in [4.69, 9.17) is 5.11 Å². The summed E-state index contributed by atoms with van der Waals surface area (Å²) in [4.78, 5) is 39.9. The standard InChI is InChI=1S/C22H24N2O4/c1-2-23(19-14-15-24(21(19)26)18-6-4-3-5-7-18)20(25)13-10-16-8-11-17(12-9-16)22(27)28/h3-9,11-12,19H,2,10,13-15H2,1H3,(H,27,28). The van der Waals surface area contributed by atoms with E-state index in [1.54, 1.807) is 21.9 Å². The molecule has 1 aliphatic rings. The molecule has 2 aromatic carbocycles. The Balaban J connectivity index is 1.62. The summed E-state index contributed by atoms with van der Waals surface area (Å²) < 4.78 is 0. The summed E-state index contributed by atoms with van der Waals surface area (Å²) in [7, 11) is 0. The fraction of sp³-hybridized carbons (Fsp3) is 0.318. The number of anilines is 1. The maximum absolute atomic E-state index is 12.9. The van der Waals surface area contributed by atoms with Gasteiger partial charge in [-0.2, -0.15) is 0 Å². The molecule has 6 nitrogen and oxygen atoms in total. The number of nitrogens with zero attached hydrogens (tertiary/aromatic N) is 2. The van der Waals surface area contributed by atoms with Gasteiger partial charge in [0.15, 0.2) is 0 Å². The lowest BCUT2D eigenvalue weighted by atomic mass is 10.1. The van der Waals surface area contributed by atoms with Crippen molar-refractivity contribution in [2.45, 2.75) is 32.2 Å². The molecule has 1 heterocycles. The number of carboxylic acid groups (broad SMARTS) is 1. The van der Waals surface area contributed by atoms with Gasteiger partial charge in [-0.15, -0.1) is 0 Å². The summed E-state index contributed by atoms with van der Waals surface area (Å²) >= 11 is 0. The van der Waals surface area contributed by atoms with Crippen LogP contribution in [0.5, 0.6) is 0 Å². The van der Waals surface area contributed by atoms with Crippen LogP contribution in [0.4, 0.5) is 5.69 Å². The third kappa shape index (κ3) is 4.22. The van der Waals surface area contributed by atoms with Crippen LogP contribution in [-0.4, -0.2) is 46.9 Å². The van der Waals surface area contributed by atoms with Crippen LogP contribution >= 0.6 is 0 Å². The van der Waals surface area contributed by atoms with Gasteiger partial charge in [0.05, 0.1) is 5.56 Å². The number of carbonyl (C=O) groups excluding carboxylic acids is 2. The van der Waals surface area contributed by atoms with Gasteiger partial charge < -0.3 is 14.9 Å². The van der Waals surface area contributed by atoms with Crippen LogP contribution in [0.2, 0.25) is 0 Å². The van der Waals surface area contributed by atoms with Crippen molar-refractivity contribution < 1.29 is 19.5 Å². The maximum atomic E-state index is 12.9. The molecular formula is C22H24N2O4. The summed E-state index contributed by atoms with van der Waals surface area (Å²) in [5.74, 6) is -1.06. The lowest BCUT2D eigenvalue weighted by Gasteiger charge is -2.27. The average Bonchev–Trinajstić information content (AvgIpc) is 3.09. The van der Waals surface area contributed by atoms with Gasteiger partial charge >= 0.3 is 5.97 Å². The lowest BCUT2D eigenvalue weighted by Crippen LogP contribution is -2.45. The Morgan fingerprint density at radius 3 is 2.39 bits per heavy atom. The fourth-order valence-electron chi connectivity index (χ4n) is 3.60. The molecule has 1 N–H and O–H groups in total. The highest BCUT2D eigenvalue weighted by atomic mass is 16.4. The van der Waals surface area contributed by atoms with Crippen molar-refractivity contribution in [2.24, 2.45) is 0 Å². The molecule has 0 aromatic heterocycles. The molecule has 0 bridgehead atoms. The number of rotatable bonds is 7. The van der Waals surface area contributed by atoms with Crippen molar-refractivity contribution in [2.75, 3.05) is 18.0 Å². The first-order valence-corrected chi connectivity index (χ1v) is 9.49. The zero-order valence-electron chi connectivity index (χ0n) is 15.9. The van der Waals surface area contributed by atoms with E-state index in [2.05, 4.69) is 0 Å². The molecule has 0 aliphatic carbocycles. The second kappa shape index (κ2) is 8.69. The minimum Gasteiger partial charge on any atom is -0.478 e. The lowest BCUT2D eigenvalue weighted by molar-refractivity contribution is -0.138. The first kappa shape index (κ1) is 19.6. The van der Waals surface area contributed by atoms with Crippen molar-refractivity contribution in [1.82, 2.24) is 4.90 Å². The van der Waals surface area contributed by atoms with Gasteiger partial charge in [-0.3, -0.25) is 9.59 Å². The van der Waals surface area contributed by atoms with Gasteiger partial charge in [0.1, 0.15) is 6.04 Å². The number of benzene rings is 2. The second-order valence-corrected chi connectivity index (χ2v) is 6.81. The highest BCUT2D eigenvalue weighted by molar-refractivity contribution is 6.01. The predicted molar refractivity (Wildman–Crippen MR) is 106 cm³/mol. The van der Waals surface area contributed by atoms with Gasteiger partial charge in [0.2, 0.25) is 11.8 Å². The minimum absolute atomic E-state index is 0.0350. The Hall–Kier alpha value is -3.15. The zero-order valence-corrected chi connectivity index (χ0v) is 15.9. The molecule has 2 amide bonds. The quantitative estimate of drug-likeness (QED) is 0.801. The SMILES string of the molecule is CCN(C(=O)CCc1ccc(C(=O)O)cc1)C1CCN(c2ccccc2)C1=O. The molecule has 6 heteroatoms. The largest absolute Gasteiger partial charge is 0.478 e. The summed E-state index contributed by atoms with van der Waals surface area (Å²) in [5, 5.41) is 8.95. The first-order valence-electron chi connectivity index (χ1n) is 9.49. The molecule has 0 spiro atoms. The highest BCUT2D eigenvalue weighted by Gasteiger charge is 2.37. The van der Waals surface area contributed by atoms with Crippen LogP contribution in [0.1, 0.15) is 35.7 Å². The fourth-order valence-corrected chi connectivity index (χ4v) is 3.60. The molecule has 1 atom stereocenters. The normalized spacial score (nSPS) is 16.2. The molecule has 2 aromatic rings. The first-order chi connectivity index (χ1) is 13.5. The molecular weight excluding hydrogens is 356 g/mol. The third-order valence-electron chi connectivity index (χ3n) is 5.11. The molecule has 3 rings (SSSR count). The Kier molecular flexibility index (Phi) is 6.09. The number of amides is 2. The topological polar surface area (TPSA) is 77.9 Å². The molecule has 0 radical (unpaired) electrons. The van der Waals surface area contributed by atoms with E-state index < -0.39 is 12.0 Å². The summed E-state index contributed by atoms with van der Waals surface area (Å²) in [6.07, 6.45) is 1.43. The molecule has 1 unspecified atom stereocenters. The minimum atomic E-state index is -0.970. The maximum Gasteiger partial charge on any atom is 0.335 e. The van der Waals surface area contributed by atoms with E-state index in [0.29, 0.717) is 25.9 Å². The molecule has 28 heavy (non-hydrogen) atoms. The van der Waals surface area contributed by atoms with Crippen molar-refractivity contribution in [3.8, 4) is 0 Å². The molecule has 0 saturated carbocycles. The number of aryl methyl sites for hydroxylation is 1. The highest BCUT2D eigenvalue weighted by Crippen LogP contribution is 2.24. The number of aromatic carboxylic acids is 1. The molecule has 1 aliphatic heterocycles. The van der Waals surface area contributed by atoms with Crippen molar-refractivity contribution in [3.63, 3.8) is 0 Å². The van der Waals surface area contributed by atoms with Gasteiger partial charge in [0, 0.05) is 25.2 Å². The van der Waals surface area contributed by atoms with E-state index in [1.165, 1.54) is 12.1 Å². The monoisotopic (exact) mass is 380 g/mol. The summed E-state index contributed by atoms with van der Waals surface area (Å²) in [5.41, 5.74) is 1.98. The van der Waals surface area contributed by atoms with Crippen LogP contribution in [0.15, 0.2) is 54.6 Å². The Labute approximate surface area is 164 Å². The van der Waals surface area contributed by atoms with E-state index in [9.17, 15) is 14.4 Å². The Bertz CT molecular complexity index is 849. The Morgan fingerprint density at radius 1 is 1.11 bits per heavy atom. The van der Waals surface area contributed by atoms with Gasteiger partial charge in [-0.25, -0.2) is 4.79 Å². The van der Waals surface area contributed by atoms with Crippen LogP contribution in [-0.2, 0) is 16.0 Å². The third-order valence-corrected chi connectivity index (χ3v) is 5.11. The van der Waals surface area contributed by atoms with Crippen molar-refractivity contribution >= 4 is 23.5 Å². The van der Waals surface area contributed by atoms with Gasteiger partial charge in [0.25, 0.3) is 0 Å². The van der Waals surface area contributed by atoms with E-state index in [-0.39, 0.29) is 23.8 Å². The van der Waals surface area contributed by atoms with Crippen LogP contribution < -0.4 is 4.90 Å². The molecule has 146 valence electrons. The average molecular weight is 380 g/mol. The van der Waals surface area contributed by atoms with E-state index in [1.807, 2.05) is 37.3 Å². The number of likely N-dealkylation sites (N-methyl/N-ethyl adjacent to an activating group) is 1. The van der Waals surface area contributed by atoms with E-state index in [0.717, 1.165) is 11.3 Å². The van der Waals surface area contributed by atoms with E-state index >= 15 is 0 Å². The number of carbonyl (C=O) groups is 3. The number of hydrogen-bond donors (Lipinski definition) is 1. The number of para-hydroxylation sites is 1. The summed E-state index contributed by atoms with van der Waals surface area (Å²) in [6, 6.07) is 15.6. The van der Waals surface area contributed by atoms with Crippen molar-refractivity contribution in [1.29, 1.82) is 0 Å². The predicted octanol–water partition coefficient (Wildman–Crippen LogP) is 2.97. The number of carboxylic acids is 1. The summed E-state index contributed by atoms with van der Waals surface area (Å²) in [6.45, 7) is 2.97. The smallest absolute Gasteiger partial charge is 0.335 e.